The van der Waals surface area contributed by atoms with Crippen LogP contribution in [0.1, 0.15) is 32.8 Å². The molecular weight excluding hydrogens is 236 g/mol. The minimum atomic E-state index is -0.376. The van der Waals surface area contributed by atoms with Crippen LogP contribution in [-0.4, -0.2) is 26.4 Å². The van der Waals surface area contributed by atoms with E-state index >= 15 is 0 Å². The van der Waals surface area contributed by atoms with Crippen molar-refractivity contribution in [2.24, 2.45) is 5.84 Å². The van der Waals surface area contributed by atoms with Gasteiger partial charge in [-0.3, -0.25) is 0 Å². The maximum Gasteiger partial charge on any atom is 0.147 e. The molecule has 0 aliphatic rings. The first-order valence-corrected chi connectivity index (χ1v) is 6.63. The Morgan fingerprint density at radius 2 is 2.18 bits per heavy atom. The first-order valence-electron chi connectivity index (χ1n) is 5.75. The second-order valence-electron chi connectivity index (χ2n) is 3.96. The van der Waals surface area contributed by atoms with Crippen molar-refractivity contribution in [1.29, 1.82) is 0 Å². The van der Waals surface area contributed by atoms with E-state index < -0.39 is 0 Å². The number of nitrogens with two attached hydrogens (primary N) is 1. The van der Waals surface area contributed by atoms with Crippen molar-refractivity contribution in [2.45, 2.75) is 50.0 Å². The van der Waals surface area contributed by atoms with Crippen LogP contribution in [0.15, 0.2) is 11.4 Å². The Bertz CT molecular complexity index is 359. The fourth-order valence-electron chi connectivity index (χ4n) is 1.37. The molecule has 17 heavy (non-hydrogen) atoms. The molecule has 0 radical (unpaired) electrons. The Kier molecular flexibility index (Phi) is 5.67. The number of rotatable bonds is 6. The van der Waals surface area contributed by atoms with Gasteiger partial charge in [0.05, 0.1) is 6.10 Å². The number of aliphatic hydroxyl groups excluding tert-OH is 1. The molecular formula is C11H20N4OS. The lowest BCUT2D eigenvalue weighted by atomic mass is 10.2. The lowest BCUT2D eigenvalue weighted by Gasteiger charge is -2.16. The number of aliphatic hydroxyl groups is 1. The van der Waals surface area contributed by atoms with E-state index in [9.17, 15) is 5.11 Å². The third-order valence-electron chi connectivity index (χ3n) is 2.52. The molecule has 0 saturated carbocycles. The molecule has 0 aromatic carbocycles. The van der Waals surface area contributed by atoms with Gasteiger partial charge in [-0.1, -0.05) is 20.3 Å². The van der Waals surface area contributed by atoms with Gasteiger partial charge < -0.3 is 10.5 Å². The number of hydrogen-bond donors (Lipinski definition) is 3. The van der Waals surface area contributed by atoms with Crippen molar-refractivity contribution in [3.63, 3.8) is 0 Å². The summed E-state index contributed by atoms with van der Waals surface area (Å²) in [4.78, 5) is 8.38. The van der Waals surface area contributed by atoms with E-state index in [1.807, 2.05) is 6.92 Å². The molecule has 0 aliphatic carbocycles. The molecule has 0 aliphatic heterocycles. The molecule has 0 saturated heterocycles. The molecule has 1 heterocycles. The summed E-state index contributed by atoms with van der Waals surface area (Å²) in [6.07, 6.45) is 2.98. The number of nitrogens with zero attached hydrogens (tertiary/aromatic N) is 2. The van der Waals surface area contributed by atoms with Crippen molar-refractivity contribution in [2.75, 3.05) is 5.43 Å². The summed E-state index contributed by atoms with van der Waals surface area (Å²) in [6.45, 7) is 5.85. The number of nitrogen functional groups attached to an aromatic ring is 1. The SMILES string of the molecule is CCCc1c(NN)ncnc1SC(C)C(C)O. The molecule has 0 fully saturated rings. The van der Waals surface area contributed by atoms with Gasteiger partial charge >= 0.3 is 0 Å². The van der Waals surface area contributed by atoms with Gasteiger partial charge in [-0.05, 0) is 13.3 Å². The van der Waals surface area contributed by atoms with Crippen LogP contribution in [0.4, 0.5) is 5.82 Å². The van der Waals surface area contributed by atoms with E-state index in [0.29, 0.717) is 5.82 Å². The largest absolute Gasteiger partial charge is 0.392 e. The molecule has 5 nitrogen and oxygen atoms in total. The molecule has 0 bridgehead atoms. The van der Waals surface area contributed by atoms with Gasteiger partial charge in [0, 0.05) is 10.8 Å². The summed E-state index contributed by atoms with van der Waals surface area (Å²) < 4.78 is 0. The lowest BCUT2D eigenvalue weighted by Crippen LogP contribution is -2.17. The van der Waals surface area contributed by atoms with Crippen LogP contribution in [0.3, 0.4) is 0 Å². The zero-order valence-electron chi connectivity index (χ0n) is 10.5. The third-order valence-corrected chi connectivity index (χ3v) is 3.86. The molecule has 2 unspecified atom stereocenters. The Labute approximate surface area is 106 Å². The monoisotopic (exact) mass is 256 g/mol. The quantitative estimate of drug-likeness (QED) is 0.310. The number of anilines is 1. The van der Waals surface area contributed by atoms with Gasteiger partial charge in [-0.2, -0.15) is 0 Å². The first-order chi connectivity index (χ1) is 8.10. The second-order valence-corrected chi connectivity index (χ2v) is 5.33. The molecule has 0 amide bonds. The maximum atomic E-state index is 9.52. The van der Waals surface area contributed by atoms with E-state index in [-0.39, 0.29) is 11.4 Å². The standard InChI is InChI=1S/C11H20N4OS/c1-4-5-9-10(15-12)13-6-14-11(9)17-8(3)7(2)16/h6-8,16H,4-5,12H2,1-3H3,(H,13,14,15). The van der Waals surface area contributed by atoms with Gasteiger partial charge in [0.1, 0.15) is 17.2 Å². The van der Waals surface area contributed by atoms with Crippen LogP contribution in [0.2, 0.25) is 0 Å². The first kappa shape index (κ1) is 14.2. The molecule has 0 spiro atoms. The van der Waals surface area contributed by atoms with Crippen LogP contribution in [0, 0.1) is 0 Å². The summed E-state index contributed by atoms with van der Waals surface area (Å²) in [5.74, 6) is 6.11. The molecule has 1 aromatic rings. The smallest absolute Gasteiger partial charge is 0.147 e. The predicted molar refractivity (Wildman–Crippen MR) is 70.8 cm³/mol. The Balaban J connectivity index is 2.97. The minimum Gasteiger partial charge on any atom is -0.392 e. The molecule has 96 valence electrons. The van der Waals surface area contributed by atoms with Gasteiger partial charge in [0.15, 0.2) is 0 Å². The summed E-state index contributed by atoms with van der Waals surface area (Å²) in [6, 6.07) is 0. The topological polar surface area (TPSA) is 84.1 Å². The van der Waals surface area contributed by atoms with Gasteiger partial charge in [0.2, 0.25) is 0 Å². The average molecular weight is 256 g/mol. The fourth-order valence-corrected chi connectivity index (χ4v) is 2.37. The van der Waals surface area contributed by atoms with Crippen molar-refractivity contribution in [1.82, 2.24) is 9.97 Å². The average Bonchev–Trinajstić information content (AvgIpc) is 2.31. The number of hydrogen-bond acceptors (Lipinski definition) is 6. The highest BCUT2D eigenvalue weighted by Crippen LogP contribution is 2.30. The zero-order chi connectivity index (χ0) is 12.8. The fraction of sp³-hybridized carbons (Fsp3) is 0.636. The van der Waals surface area contributed by atoms with Crippen molar-refractivity contribution < 1.29 is 5.11 Å². The van der Waals surface area contributed by atoms with E-state index in [2.05, 4.69) is 22.3 Å². The van der Waals surface area contributed by atoms with E-state index in [0.717, 1.165) is 23.4 Å². The van der Waals surface area contributed by atoms with Crippen LogP contribution < -0.4 is 11.3 Å². The zero-order valence-corrected chi connectivity index (χ0v) is 11.3. The van der Waals surface area contributed by atoms with E-state index in [1.54, 1.807) is 18.7 Å². The predicted octanol–water partition coefficient (Wildman–Crippen LogP) is 1.58. The highest BCUT2D eigenvalue weighted by atomic mass is 32.2. The summed E-state index contributed by atoms with van der Waals surface area (Å²) in [5, 5.41) is 10.5. The van der Waals surface area contributed by atoms with Crippen LogP contribution in [-0.2, 0) is 6.42 Å². The van der Waals surface area contributed by atoms with Crippen molar-refractivity contribution in [3.05, 3.63) is 11.9 Å². The molecule has 4 N–H and O–H groups in total. The lowest BCUT2D eigenvalue weighted by molar-refractivity contribution is 0.196. The normalized spacial score (nSPS) is 14.4. The molecule has 1 rings (SSSR count). The minimum absolute atomic E-state index is 0.0890. The summed E-state index contributed by atoms with van der Waals surface area (Å²) in [7, 11) is 0. The van der Waals surface area contributed by atoms with Crippen molar-refractivity contribution in [3.8, 4) is 0 Å². The third kappa shape index (κ3) is 3.83. The molecule has 6 heteroatoms. The van der Waals surface area contributed by atoms with Gasteiger partial charge in [-0.25, -0.2) is 15.8 Å². The summed E-state index contributed by atoms with van der Waals surface area (Å²) >= 11 is 1.55. The van der Waals surface area contributed by atoms with E-state index in [4.69, 9.17) is 5.84 Å². The Morgan fingerprint density at radius 3 is 2.71 bits per heavy atom. The Hall–Kier alpha value is -0.850. The number of aromatic nitrogens is 2. The molecule has 1 aromatic heterocycles. The summed E-state index contributed by atoms with van der Waals surface area (Å²) in [5.41, 5.74) is 3.62. The number of thioether (sulfide) groups is 1. The highest BCUT2D eigenvalue weighted by Gasteiger charge is 2.16. The highest BCUT2D eigenvalue weighted by molar-refractivity contribution is 7.99. The van der Waals surface area contributed by atoms with Crippen LogP contribution in [0.5, 0.6) is 0 Å². The van der Waals surface area contributed by atoms with Crippen LogP contribution in [0.25, 0.3) is 0 Å². The van der Waals surface area contributed by atoms with E-state index in [1.165, 1.54) is 6.33 Å². The molecule has 2 atom stereocenters. The Morgan fingerprint density at radius 1 is 1.47 bits per heavy atom. The second kappa shape index (κ2) is 6.78. The van der Waals surface area contributed by atoms with Crippen LogP contribution >= 0.6 is 11.8 Å². The van der Waals surface area contributed by atoms with Crippen molar-refractivity contribution >= 4 is 17.6 Å². The van der Waals surface area contributed by atoms with Gasteiger partial charge in [0.25, 0.3) is 0 Å². The number of nitrogens with one attached hydrogen (secondary N) is 1. The maximum absolute atomic E-state index is 9.52. The number of hydrazine groups is 1. The van der Waals surface area contributed by atoms with Gasteiger partial charge in [-0.15, -0.1) is 11.8 Å².